The zero-order chi connectivity index (χ0) is 11.0. The van der Waals surface area contributed by atoms with Crippen molar-refractivity contribution >= 4 is 17.7 Å². The van der Waals surface area contributed by atoms with E-state index in [9.17, 15) is 4.79 Å². The molecule has 2 rings (SSSR count). The van der Waals surface area contributed by atoms with Gasteiger partial charge in [-0.3, -0.25) is 0 Å². The summed E-state index contributed by atoms with van der Waals surface area (Å²) in [6.45, 7) is 3.59. The first kappa shape index (κ1) is 9.85. The van der Waals surface area contributed by atoms with Crippen LogP contribution in [0.15, 0.2) is 6.07 Å². The molecule has 0 spiro atoms. The van der Waals surface area contributed by atoms with E-state index in [-0.39, 0.29) is 5.69 Å². The minimum Gasteiger partial charge on any atom is -0.477 e. The third-order valence-corrected chi connectivity index (χ3v) is 2.76. The van der Waals surface area contributed by atoms with E-state index in [0.29, 0.717) is 11.3 Å². The van der Waals surface area contributed by atoms with Crippen LogP contribution in [0.5, 0.6) is 0 Å². The second-order valence-corrected chi connectivity index (χ2v) is 3.77. The molecule has 0 amide bonds. The second kappa shape index (κ2) is 3.47. The quantitative estimate of drug-likeness (QED) is 0.814. The molecule has 0 atom stereocenters. The summed E-state index contributed by atoms with van der Waals surface area (Å²) < 4.78 is 8.15. The van der Waals surface area contributed by atoms with Crippen LogP contribution < -0.4 is 0 Å². The van der Waals surface area contributed by atoms with E-state index >= 15 is 0 Å². The highest BCUT2D eigenvalue weighted by Crippen LogP contribution is 2.22. The highest BCUT2D eigenvalue weighted by atomic mass is 32.1. The number of aromatic carboxylic acids is 1. The molecular weight excluding hydrogens is 214 g/mol. The lowest BCUT2D eigenvalue weighted by Crippen LogP contribution is -1.98. The lowest BCUT2D eigenvalue weighted by molar-refractivity contribution is 0.0690. The second-order valence-electron chi connectivity index (χ2n) is 3.24. The molecule has 2 heterocycles. The van der Waals surface area contributed by atoms with Crippen LogP contribution >= 0.6 is 11.7 Å². The molecule has 6 heteroatoms. The Morgan fingerprint density at radius 1 is 1.47 bits per heavy atom. The predicted octanol–water partition coefficient (Wildman–Crippen LogP) is 1.85. The zero-order valence-corrected chi connectivity index (χ0v) is 9.05. The Morgan fingerprint density at radius 3 is 2.67 bits per heavy atom. The molecule has 0 saturated heterocycles. The average Bonchev–Trinajstić information content (AvgIpc) is 2.71. The Morgan fingerprint density at radius 2 is 2.20 bits per heavy atom. The number of aryl methyl sites for hydroxylation is 2. The summed E-state index contributed by atoms with van der Waals surface area (Å²) in [5.41, 5.74) is 3.13. The van der Waals surface area contributed by atoms with Crippen LogP contribution in [-0.4, -0.2) is 24.8 Å². The summed E-state index contributed by atoms with van der Waals surface area (Å²) in [7, 11) is 0. The maximum absolute atomic E-state index is 10.8. The number of hydrogen-bond donors (Lipinski definition) is 2. The number of nitrogens with zero attached hydrogens (tertiary/aromatic N) is 2. The molecule has 0 unspecified atom stereocenters. The van der Waals surface area contributed by atoms with Crippen LogP contribution in [0.3, 0.4) is 0 Å². The number of aromatic amines is 1. The summed E-state index contributed by atoms with van der Waals surface area (Å²) in [6, 6.07) is 1.77. The molecule has 0 fully saturated rings. The van der Waals surface area contributed by atoms with Gasteiger partial charge in [-0.05, 0) is 25.5 Å². The van der Waals surface area contributed by atoms with Crippen LogP contribution in [0.1, 0.15) is 21.7 Å². The van der Waals surface area contributed by atoms with Crippen molar-refractivity contribution < 1.29 is 9.90 Å². The molecule has 0 aromatic carbocycles. The Balaban J connectivity index is 2.52. The molecule has 5 nitrogen and oxygen atoms in total. The SMILES string of the molecule is Cc1cc(-c2nsnc2C)[nH]c1C(=O)O. The largest absolute Gasteiger partial charge is 0.477 e. The lowest BCUT2D eigenvalue weighted by Gasteiger charge is -1.91. The minimum absolute atomic E-state index is 0.206. The fourth-order valence-electron chi connectivity index (χ4n) is 1.38. The molecule has 0 aliphatic heterocycles. The smallest absolute Gasteiger partial charge is 0.352 e. The number of carboxylic acid groups (broad SMARTS) is 1. The molecule has 15 heavy (non-hydrogen) atoms. The summed E-state index contributed by atoms with van der Waals surface area (Å²) >= 11 is 1.12. The fourth-order valence-corrected chi connectivity index (χ4v) is 1.95. The minimum atomic E-state index is -0.959. The van der Waals surface area contributed by atoms with E-state index < -0.39 is 5.97 Å². The Hall–Kier alpha value is -1.69. The van der Waals surface area contributed by atoms with Crippen molar-refractivity contribution in [3.63, 3.8) is 0 Å². The highest BCUT2D eigenvalue weighted by molar-refractivity contribution is 6.99. The van der Waals surface area contributed by atoms with Crippen LogP contribution in [-0.2, 0) is 0 Å². The molecule has 0 radical (unpaired) electrons. The van der Waals surface area contributed by atoms with Gasteiger partial charge in [0.05, 0.1) is 23.1 Å². The Kier molecular flexibility index (Phi) is 2.28. The summed E-state index contributed by atoms with van der Waals surface area (Å²) in [6.07, 6.45) is 0. The van der Waals surface area contributed by atoms with Gasteiger partial charge in [-0.2, -0.15) is 8.75 Å². The standard InChI is InChI=1S/C9H9N3O2S/c1-4-3-6(10-7(4)9(13)14)8-5(2)11-15-12-8/h3,10H,1-2H3,(H,13,14). The predicted molar refractivity (Wildman–Crippen MR) is 56.1 cm³/mol. The third kappa shape index (κ3) is 1.63. The molecular formula is C9H9N3O2S. The van der Waals surface area contributed by atoms with Crippen LogP contribution in [0.2, 0.25) is 0 Å². The Bertz CT molecular complexity index is 515. The van der Waals surface area contributed by atoms with Crippen LogP contribution in [0.25, 0.3) is 11.4 Å². The summed E-state index contributed by atoms with van der Waals surface area (Å²) in [5, 5.41) is 8.88. The van der Waals surface area contributed by atoms with Gasteiger partial charge in [0, 0.05) is 0 Å². The van der Waals surface area contributed by atoms with Crippen LogP contribution in [0, 0.1) is 13.8 Å². The monoisotopic (exact) mass is 223 g/mol. The van der Waals surface area contributed by atoms with Crippen LogP contribution in [0.4, 0.5) is 0 Å². The average molecular weight is 223 g/mol. The lowest BCUT2D eigenvalue weighted by atomic mass is 10.2. The number of hydrogen-bond acceptors (Lipinski definition) is 4. The van der Waals surface area contributed by atoms with E-state index in [1.165, 1.54) is 0 Å². The summed E-state index contributed by atoms with van der Waals surface area (Å²) in [4.78, 5) is 13.7. The first-order valence-corrected chi connectivity index (χ1v) is 5.05. The van der Waals surface area contributed by atoms with Gasteiger partial charge in [0.2, 0.25) is 0 Å². The maximum atomic E-state index is 10.8. The number of H-pyrrole nitrogens is 1. The normalized spacial score (nSPS) is 10.5. The molecule has 0 bridgehead atoms. The van der Waals surface area contributed by atoms with Gasteiger partial charge >= 0.3 is 5.97 Å². The van der Waals surface area contributed by atoms with E-state index in [0.717, 1.165) is 23.1 Å². The molecule has 0 aliphatic rings. The molecule has 0 aliphatic carbocycles. The van der Waals surface area contributed by atoms with Gasteiger partial charge in [-0.1, -0.05) is 0 Å². The molecule has 0 saturated carbocycles. The van der Waals surface area contributed by atoms with Gasteiger partial charge in [0.1, 0.15) is 11.4 Å². The highest BCUT2D eigenvalue weighted by Gasteiger charge is 2.15. The first-order chi connectivity index (χ1) is 7.09. The van der Waals surface area contributed by atoms with Crippen molar-refractivity contribution in [3.8, 4) is 11.4 Å². The molecule has 2 N–H and O–H groups in total. The topological polar surface area (TPSA) is 78.9 Å². The first-order valence-electron chi connectivity index (χ1n) is 4.32. The fraction of sp³-hybridized carbons (Fsp3) is 0.222. The van der Waals surface area contributed by atoms with E-state index in [1.54, 1.807) is 13.0 Å². The molecule has 2 aromatic heterocycles. The van der Waals surface area contributed by atoms with Gasteiger partial charge in [0.25, 0.3) is 0 Å². The molecule has 2 aromatic rings. The Labute approximate surface area is 90.1 Å². The van der Waals surface area contributed by atoms with Gasteiger partial charge < -0.3 is 10.1 Å². The van der Waals surface area contributed by atoms with Gasteiger partial charge in [-0.15, -0.1) is 0 Å². The van der Waals surface area contributed by atoms with Gasteiger partial charge in [0.15, 0.2) is 0 Å². The zero-order valence-electron chi connectivity index (χ0n) is 8.24. The van der Waals surface area contributed by atoms with Gasteiger partial charge in [-0.25, -0.2) is 4.79 Å². The van der Waals surface area contributed by atoms with Crippen molar-refractivity contribution in [2.45, 2.75) is 13.8 Å². The summed E-state index contributed by atoms with van der Waals surface area (Å²) in [5.74, 6) is -0.959. The van der Waals surface area contributed by atoms with Crippen molar-refractivity contribution in [1.29, 1.82) is 0 Å². The maximum Gasteiger partial charge on any atom is 0.352 e. The van der Waals surface area contributed by atoms with Crippen molar-refractivity contribution in [2.75, 3.05) is 0 Å². The number of rotatable bonds is 2. The van der Waals surface area contributed by atoms with E-state index in [2.05, 4.69) is 13.7 Å². The number of carboxylic acids is 1. The van der Waals surface area contributed by atoms with Crippen molar-refractivity contribution in [3.05, 3.63) is 23.0 Å². The van der Waals surface area contributed by atoms with Crippen molar-refractivity contribution in [1.82, 2.24) is 13.7 Å². The van der Waals surface area contributed by atoms with E-state index in [4.69, 9.17) is 5.11 Å². The number of carbonyl (C=O) groups is 1. The van der Waals surface area contributed by atoms with Crippen molar-refractivity contribution in [2.24, 2.45) is 0 Å². The van der Waals surface area contributed by atoms with E-state index in [1.807, 2.05) is 6.92 Å². The number of nitrogens with one attached hydrogen (secondary N) is 1. The molecule has 78 valence electrons. The number of aromatic nitrogens is 3. The third-order valence-electron chi connectivity index (χ3n) is 2.14.